The zero-order valence-electron chi connectivity index (χ0n) is 7.37. The lowest BCUT2D eigenvalue weighted by Crippen LogP contribution is -2.69. The molecule has 1 fully saturated rings. The van der Waals surface area contributed by atoms with Crippen molar-refractivity contribution in [1.29, 1.82) is 0 Å². The van der Waals surface area contributed by atoms with E-state index in [-0.39, 0.29) is 0 Å². The van der Waals surface area contributed by atoms with Gasteiger partial charge in [-0.3, -0.25) is 0 Å². The van der Waals surface area contributed by atoms with E-state index >= 15 is 0 Å². The molecule has 1 rings (SSSR count). The van der Waals surface area contributed by atoms with E-state index in [0.29, 0.717) is 0 Å². The summed E-state index contributed by atoms with van der Waals surface area (Å²) in [6, 6.07) is -1.71. The lowest BCUT2D eigenvalue weighted by Gasteiger charge is -2.42. The molecule has 0 aliphatic heterocycles. The lowest BCUT2D eigenvalue weighted by atomic mass is 9.82. The molecule has 7 N–H and O–H groups in total. The van der Waals surface area contributed by atoms with Crippen molar-refractivity contribution in [3.63, 3.8) is 0 Å². The Bertz CT molecular complexity index is 164. The standard InChI is InChI=1S/C7H16N2O4/c1-13-7-3(9)4(10)2(8)5(11)6(7)12/h2-7,10-12H,8-9H2,1H3/t2-,3+,4+,5+,6-,7-/m1/s1. The van der Waals surface area contributed by atoms with Gasteiger partial charge >= 0.3 is 0 Å². The fraction of sp³-hybridized carbons (Fsp3) is 1.00. The van der Waals surface area contributed by atoms with Crippen LogP contribution >= 0.6 is 0 Å². The average molecular weight is 192 g/mol. The predicted molar refractivity (Wildman–Crippen MR) is 44.8 cm³/mol. The third-order valence-corrected chi connectivity index (χ3v) is 2.52. The molecule has 0 aromatic carbocycles. The summed E-state index contributed by atoms with van der Waals surface area (Å²) in [7, 11) is 1.35. The first-order chi connectivity index (χ1) is 6.00. The van der Waals surface area contributed by atoms with Crippen LogP contribution in [0.25, 0.3) is 0 Å². The van der Waals surface area contributed by atoms with Crippen molar-refractivity contribution in [1.82, 2.24) is 0 Å². The van der Waals surface area contributed by atoms with Gasteiger partial charge in [0, 0.05) is 7.11 Å². The van der Waals surface area contributed by atoms with Crippen LogP contribution in [-0.2, 0) is 4.74 Å². The van der Waals surface area contributed by atoms with Crippen LogP contribution in [0.4, 0.5) is 0 Å². The minimum atomic E-state index is -1.21. The molecule has 1 aliphatic rings. The molecule has 6 heteroatoms. The SMILES string of the molecule is CO[C@@H]1[C@@H](N)[C@@H](O)[C@@H](N)[C@H](O)[C@H]1O. The van der Waals surface area contributed by atoms with Crippen LogP contribution in [0.15, 0.2) is 0 Å². The zero-order valence-corrected chi connectivity index (χ0v) is 7.37. The van der Waals surface area contributed by atoms with Crippen molar-refractivity contribution in [2.45, 2.75) is 36.5 Å². The number of nitrogens with two attached hydrogens (primary N) is 2. The normalized spacial score (nSPS) is 52.2. The number of hydrogen-bond acceptors (Lipinski definition) is 6. The highest BCUT2D eigenvalue weighted by Gasteiger charge is 2.46. The molecule has 0 radical (unpaired) electrons. The Labute approximate surface area is 76.1 Å². The Hall–Kier alpha value is -0.240. The number of rotatable bonds is 1. The van der Waals surface area contributed by atoms with E-state index in [9.17, 15) is 15.3 Å². The zero-order chi connectivity index (χ0) is 10.2. The predicted octanol–water partition coefficient (Wildman–Crippen LogP) is -3.25. The minimum Gasteiger partial charge on any atom is -0.390 e. The molecule has 0 heterocycles. The highest BCUT2D eigenvalue weighted by Crippen LogP contribution is 2.20. The van der Waals surface area contributed by atoms with Gasteiger partial charge in [0.05, 0.1) is 18.2 Å². The summed E-state index contributed by atoms with van der Waals surface area (Å²) < 4.78 is 4.85. The van der Waals surface area contributed by atoms with E-state index in [1.165, 1.54) is 7.11 Å². The van der Waals surface area contributed by atoms with Crippen LogP contribution < -0.4 is 11.5 Å². The monoisotopic (exact) mass is 192 g/mol. The van der Waals surface area contributed by atoms with Crippen LogP contribution in [0.3, 0.4) is 0 Å². The minimum absolute atomic E-state index is 0.779. The van der Waals surface area contributed by atoms with Gasteiger partial charge in [-0.15, -0.1) is 0 Å². The maximum absolute atomic E-state index is 9.45. The van der Waals surface area contributed by atoms with E-state index in [2.05, 4.69) is 0 Å². The maximum Gasteiger partial charge on any atom is 0.109 e. The van der Waals surface area contributed by atoms with Crippen molar-refractivity contribution < 1.29 is 20.1 Å². The first kappa shape index (κ1) is 10.8. The van der Waals surface area contributed by atoms with E-state index in [4.69, 9.17) is 16.2 Å². The van der Waals surface area contributed by atoms with Crippen molar-refractivity contribution in [3.8, 4) is 0 Å². The van der Waals surface area contributed by atoms with Crippen LogP contribution in [0.5, 0.6) is 0 Å². The molecule has 1 saturated carbocycles. The molecule has 0 unspecified atom stereocenters. The quantitative estimate of drug-likeness (QED) is 0.297. The molecule has 6 nitrogen and oxygen atoms in total. The van der Waals surface area contributed by atoms with Crippen LogP contribution in [0, 0.1) is 0 Å². The van der Waals surface area contributed by atoms with Crippen LogP contribution in [0.1, 0.15) is 0 Å². The molecule has 78 valence electrons. The van der Waals surface area contributed by atoms with E-state index in [1.807, 2.05) is 0 Å². The lowest BCUT2D eigenvalue weighted by molar-refractivity contribution is -0.148. The van der Waals surface area contributed by atoms with E-state index in [1.54, 1.807) is 0 Å². The molecule has 0 bridgehead atoms. The molecule has 13 heavy (non-hydrogen) atoms. The van der Waals surface area contributed by atoms with E-state index in [0.717, 1.165) is 0 Å². The van der Waals surface area contributed by atoms with Gasteiger partial charge in [0.25, 0.3) is 0 Å². The number of aliphatic hydroxyl groups excluding tert-OH is 3. The van der Waals surface area contributed by atoms with Gasteiger partial charge in [0.1, 0.15) is 18.3 Å². The van der Waals surface area contributed by atoms with Crippen molar-refractivity contribution >= 4 is 0 Å². The smallest absolute Gasteiger partial charge is 0.109 e. The molecule has 0 aromatic rings. The summed E-state index contributed by atoms with van der Waals surface area (Å²) in [6.07, 6.45) is -4.22. The second kappa shape index (κ2) is 3.87. The summed E-state index contributed by atoms with van der Waals surface area (Å²) in [5.41, 5.74) is 11.0. The number of aliphatic hydroxyl groups is 3. The van der Waals surface area contributed by atoms with Gasteiger partial charge in [-0.05, 0) is 0 Å². The summed E-state index contributed by atoms with van der Waals surface area (Å²) in [5, 5.41) is 28.3. The van der Waals surface area contributed by atoms with Crippen LogP contribution in [0.2, 0.25) is 0 Å². The average Bonchev–Trinajstić information content (AvgIpc) is 2.13. The Morgan fingerprint density at radius 1 is 0.923 bits per heavy atom. The van der Waals surface area contributed by atoms with Gasteiger partial charge < -0.3 is 31.5 Å². The highest BCUT2D eigenvalue weighted by molar-refractivity contribution is 5.03. The third kappa shape index (κ3) is 1.69. The van der Waals surface area contributed by atoms with Crippen LogP contribution in [-0.4, -0.2) is 58.9 Å². The Morgan fingerprint density at radius 3 is 1.92 bits per heavy atom. The molecular formula is C7H16N2O4. The van der Waals surface area contributed by atoms with Crippen molar-refractivity contribution in [3.05, 3.63) is 0 Å². The second-order valence-electron chi connectivity index (χ2n) is 3.33. The largest absolute Gasteiger partial charge is 0.390 e. The number of ether oxygens (including phenoxy) is 1. The first-order valence-corrected chi connectivity index (χ1v) is 4.09. The van der Waals surface area contributed by atoms with Crippen molar-refractivity contribution in [2.75, 3.05) is 7.11 Å². The topological polar surface area (TPSA) is 122 Å². The third-order valence-electron chi connectivity index (χ3n) is 2.52. The molecule has 6 atom stereocenters. The molecule has 0 saturated heterocycles. The molecule has 0 amide bonds. The van der Waals surface area contributed by atoms with Gasteiger partial charge in [-0.25, -0.2) is 0 Å². The number of hydrogen-bond donors (Lipinski definition) is 5. The van der Waals surface area contributed by atoms with Crippen molar-refractivity contribution in [2.24, 2.45) is 11.5 Å². The number of methoxy groups -OCH3 is 1. The fourth-order valence-corrected chi connectivity index (χ4v) is 1.60. The molecular weight excluding hydrogens is 176 g/mol. The Morgan fingerprint density at radius 2 is 1.46 bits per heavy atom. The summed E-state index contributed by atoms with van der Waals surface area (Å²) in [4.78, 5) is 0. The first-order valence-electron chi connectivity index (χ1n) is 4.09. The maximum atomic E-state index is 9.45. The highest BCUT2D eigenvalue weighted by atomic mass is 16.5. The van der Waals surface area contributed by atoms with Gasteiger partial charge in [-0.1, -0.05) is 0 Å². The van der Waals surface area contributed by atoms with E-state index < -0.39 is 36.5 Å². The molecule has 0 aromatic heterocycles. The Balaban J connectivity index is 2.79. The Kier molecular flexibility index (Phi) is 3.23. The fourth-order valence-electron chi connectivity index (χ4n) is 1.60. The summed E-state index contributed by atoms with van der Waals surface area (Å²) in [6.45, 7) is 0. The summed E-state index contributed by atoms with van der Waals surface area (Å²) >= 11 is 0. The van der Waals surface area contributed by atoms with Gasteiger partial charge in [0.2, 0.25) is 0 Å². The van der Waals surface area contributed by atoms with Gasteiger partial charge in [-0.2, -0.15) is 0 Å². The molecule has 0 spiro atoms. The summed E-state index contributed by atoms with van der Waals surface area (Å²) in [5.74, 6) is 0. The van der Waals surface area contributed by atoms with Gasteiger partial charge in [0.15, 0.2) is 0 Å². The molecule has 1 aliphatic carbocycles. The second-order valence-corrected chi connectivity index (χ2v) is 3.33.